The Hall–Kier alpha value is -2.33. The van der Waals surface area contributed by atoms with Crippen molar-refractivity contribution in [3.8, 4) is 0 Å². The molecule has 0 spiro atoms. The SMILES string of the molecule is CCCCCCc1ccc(N(CC(N)C(C)CC)C(=O)NC(C)c2ccccc2)cc1. The zero-order valence-electron chi connectivity index (χ0n) is 19.8. The van der Waals surface area contributed by atoms with Gasteiger partial charge < -0.3 is 11.1 Å². The van der Waals surface area contributed by atoms with E-state index in [2.05, 4.69) is 50.4 Å². The molecule has 0 saturated carbocycles. The fourth-order valence-electron chi connectivity index (χ4n) is 3.69. The van der Waals surface area contributed by atoms with Gasteiger partial charge in [0.1, 0.15) is 0 Å². The van der Waals surface area contributed by atoms with Gasteiger partial charge in [-0.05, 0) is 48.9 Å². The molecule has 0 bridgehead atoms. The largest absolute Gasteiger partial charge is 0.331 e. The van der Waals surface area contributed by atoms with Crippen LogP contribution in [0.15, 0.2) is 54.6 Å². The molecule has 4 nitrogen and oxygen atoms in total. The minimum absolute atomic E-state index is 0.0727. The van der Waals surface area contributed by atoms with Crippen LogP contribution in [0.1, 0.15) is 77.0 Å². The molecule has 0 aromatic heterocycles. The predicted molar refractivity (Wildman–Crippen MR) is 132 cm³/mol. The number of nitrogens with two attached hydrogens (primary N) is 1. The minimum atomic E-state index is -0.106. The number of unbranched alkanes of at least 4 members (excludes halogenated alkanes) is 3. The third kappa shape index (κ3) is 8.02. The maximum Gasteiger partial charge on any atom is 0.322 e. The molecule has 0 aliphatic carbocycles. The smallest absolute Gasteiger partial charge is 0.322 e. The molecule has 2 amide bonds. The van der Waals surface area contributed by atoms with Gasteiger partial charge in [0.2, 0.25) is 0 Å². The summed E-state index contributed by atoms with van der Waals surface area (Å²) in [6.07, 6.45) is 7.11. The molecule has 3 N–H and O–H groups in total. The first-order valence-corrected chi connectivity index (χ1v) is 11.9. The van der Waals surface area contributed by atoms with Crippen molar-refractivity contribution in [1.29, 1.82) is 0 Å². The molecule has 0 heterocycles. The molecule has 0 radical (unpaired) electrons. The molecule has 2 aromatic rings. The third-order valence-electron chi connectivity index (χ3n) is 6.22. The maximum absolute atomic E-state index is 13.3. The van der Waals surface area contributed by atoms with Crippen molar-refractivity contribution in [2.24, 2.45) is 11.7 Å². The Morgan fingerprint density at radius 1 is 0.968 bits per heavy atom. The highest BCUT2D eigenvalue weighted by Gasteiger charge is 2.23. The fourth-order valence-corrected chi connectivity index (χ4v) is 3.69. The van der Waals surface area contributed by atoms with Crippen LogP contribution in [0, 0.1) is 5.92 Å². The lowest BCUT2D eigenvalue weighted by molar-refractivity contribution is 0.242. The molecule has 0 aliphatic heterocycles. The molecular weight excluding hydrogens is 382 g/mol. The van der Waals surface area contributed by atoms with Gasteiger partial charge in [0.05, 0.1) is 6.04 Å². The molecule has 4 heteroatoms. The first-order chi connectivity index (χ1) is 15.0. The van der Waals surface area contributed by atoms with Gasteiger partial charge in [0.25, 0.3) is 0 Å². The highest BCUT2D eigenvalue weighted by molar-refractivity contribution is 5.92. The van der Waals surface area contributed by atoms with E-state index in [0.29, 0.717) is 12.5 Å². The number of benzene rings is 2. The number of carbonyl (C=O) groups is 1. The normalized spacial score (nSPS) is 14.0. The second-order valence-electron chi connectivity index (χ2n) is 8.72. The van der Waals surface area contributed by atoms with Gasteiger partial charge in [-0.25, -0.2) is 4.79 Å². The summed E-state index contributed by atoms with van der Waals surface area (Å²) in [5.74, 6) is 0.347. The molecule has 31 heavy (non-hydrogen) atoms. The average Bonchev–Trinajstić information content (AvgIpc) is 2.80. The van der Waals surface area contributed by atoms with Crippen molar-refractivity contribution in [3.05, 3.63) is 65.7 Å². The van der Waals surface area contributed by atoms with E-state index >= 15 is 0 Å². The molecule has 2 rings (SSSR count). The molecule has 3 unspecified atom stereocenters. The average molecular weight is 424 g/mol. The number of carbonyl (C=O) groups excluding carboxylic acids is 1. The van der Waals surface area contributed by atoms with E-state index < -0.39 is 0 Å². The van der Waals surface area contributed by atoms with Crippen LogP contribution in [0.4, 0.5) is 10.5 Å². The first kappa shape index (κ1) is 24.9. The van der Waals surface area contributed by atoms with Crippen LogP contribution in [-0.4, -0.2) is 18.6 Å². The Morgan fingerprint density at radius 2 is 1.65 bits per heavy atom. The zero-order chi connectivity index (χ0) is 22.6. The van der Waals surface area contributed by atoms with Crippen molar-refractivity contribution in [3.63, 3.8) is 0 Å². The van der Waals surface area contributed by atoms with Gasteiger partial charge in [-0.2, -0.15) is 0 Å². The van der Waals surface area contributed by atoms with Gasteiger partial charge in [-0.3, -0.25) is 4.90 Å². The van der Waals surface area contributed by atoms with Crippen molar-refractivity contribution < 1.29 is 4.79 Å². The summed E-state index contributed by atoms with van der Waals surface area (Å²) < 4.78 is 0. The van der Waals surface area contributed by atoms with Crippen molar-refractivity contribution in [2.45, 2.75) is 78.3 Å². The monoisotopic (exact) mass is 423 g/mol. The van der Waals surface area contributed by atoms with E-state index in [1.54, 1.807) is 4.90 Å². The number of amides is 2. The lowest BCUT2D eigenvalue weighted by Gasteiger charge is -2.30. The van der Waals surface area contributed by atoms with E-state index in [9.17, 15) is 4.79 Å². The lowest BCUT2D eigenvalue weighted by Crippen LogP contribution is -2.48. The first-order valence-electron chi connectivity index (χ1n) is 11.9. The summed E-state index contributed by atoms with van der Waals surface area (Å²) in [5, 5.41) is 3.15. The van der Waals surface area contributed by atoms with E-state index in [0.717, 1.165) is 24.1 Å². The van der Waals surface area contributed by atoms with E-state index in [1.165, 1.54) is 31.2 Å². The molecular formula is C27H41N3O. The third-order valence-corrected chi connectivity index (χ3v) is 6.22. The minimum Gasteiger partial charge on any atom is -0.331 e. The predicted octanol–water partition coefficient (Wildman–Crippen LogP) is 6.46. The molecule has 0 aliphatic rings. The van der Waals surface area contributed by atoms with E-state index in [4.69, 9.17) is 5.73 Å². The number of hydrogen-bond acceptors (Lipinski definition) is 2. The Balaban J connectivity index is 2.12. The quantitative estimate of drug-likeness (QED) is 0.385. The lowest BCUT2D eigenvalue weighted by atomic mass is 9.99. The van der Waals surface area contributed by atoms with Gasteiger partial charge >= 0.3 is 6.03 Å². The molecule has 0 fully saturated rings. The summed E-state index contributed by atoms with van der Waals surface area (Å²) in [5.41, 5.74) is 9.76. The van der Waals surface area contributed by atoms with Crippen LogP contribution in [-0.2, 0) is 6.42 Å². The number of hydrogen-bond donors (Lipinski definition) is 2. The Labute approximate surface area is 189 Å². The van der Waals surface area contributed by atoms with Gasteiger partial charge in [-0.15, -0.1) is 0 Å². The summed E-state index contributed by atoms with van der Waals surface area (Å²) >= 11 is 0. The number of nitrogens with zero attached hydrogens (tertiary/aromatic N) is 1. The summed E-state index contributed by atoms with van der Waals surface area (Å²) in [6.45, 7) is 9.03. The number of aryl methyl sites for hydroxylation is 1. The Kier molecular flexibility index (Phi) is 10.6. The molecule has 3 atom stereocenters. The summed E-state index contributed by atoms with van der Waals surface area (Å²) in [7, 11) is 0. The van der Waals surface area contributed by atoms with Crippen molar-refractivity contribution in [1.82, 2.24) is 5.32 Å². The second kappa shape index (κ2) is 13.2. The standard InChI is InChI=1S/C27H41N3O/c1-5-7-8-10-13-23-16-18-25(19-17-23)30(20-26(28)21(3)6-2)27(31)29-22(4)24-14-11-9-12-15-24/h9,11-12,14-19,21-22,26H,5-8,10,13,20,28H2,1-4H3,(H,29,31). The van der Waals surface area contributed by atoms with Crippen molar-refractivity contribution >= 4 is 11.7 Å². The molecule has 2 aromatic carbocycles. The molecule has 170 valence electrons. The Bertz CT molecular complexity index is 760. The van der Waals surface area contributed by atoms with Crippen LogP contribution in [0.5, 0.6) is 0 Å². The Morgan fingerprint density at radius 3 is 2.26 bits per heavy atom. The topological polar surface area (TPSA) is 58.4 Å². The zero-order valence-corrected chi connectivity index (χ0v) is 19.8. The van der Waals surface area contributed by atoms with Gasteiger partial charge in [0, 0.05) is 18.3 Å². The van der Waals surface area contributed by atoms with Crippen LogP contribution in [0.3, 0.4) is 0 Å². The maximum atomic E-state index is 13.3. The van der Waals surface area contributed by atoms with Gasteiger partial charge in [0.15, 0.2) is 0 Å². The van der Waals surface area contributed by atoms with Crippen LogP contribution >= 0.6 is 0 Å². The summed E-state index contributed by atoms with van der Waals surface area (Å²) in [4.78, 5) is 15.1. The highest BCUT2D eigenvalue weighted by Crippen LogP contribution is 2.20. The van der Waals surface area contributed by atoms with Crippen LogP contribution in [0.25, 0.3) is 0 Å². The van der Waals surface area contributed by atoms with Crippen LogP contribution < -0.4 is 16.0 Å². The number of nitrogens with one attached hydrogen (secondary N) is 1. The fraction of sp³-hybridized carbons (Fsp3) is 0.519. The van der Waals surface area contributed by atoms with Crippen molar-refractivity contribution in [2.75, 3.05) is 11.4 Å². The highest BCUT2D eigenvalue weighted by atomic mass is 16.2. The molecule has 0 saturated heterocycles. The van der Waals surface area contributed by atoms with E-state index in [-0.39, 0.29) is 18.1 Å². The summed E-state index contributed by atoms with van der Waals surface area (Å²) in [6, 6.07) is 18.2. The number of anilines is 1. The van der Waals surface area contributed by atoms with Crippen LogP contribution in [0.2, 0.25) is 0 Å². The van der Waals surface area contributed by atoms with E-state index in [1.807, 2.05) is 37.3 Å². The number of rotatable bonds is 12. The van der Waals surface area contributed by atoms with Gasteiger partial charge in [-0.1, -0.05) is 88.9 Å². The second-order valence-corrected chi connectivity index (χ2v) is 8.72. The number of urea groups is 1.